The third kappa shape index (κ3) is 6.82. The molecule has 0 saturated heterocycles. The van der Waals surface area contributed by atoms with Gasteiger partial charge in [0.15, 0.2) is 0 Å². The number of hydrogen-bond donors (Lipinski definition) is 1. The number of carbonyl (C=O) groups is 1. The molecule has 1 heterocycles. The Bertz CT molecular complexity index is 1080. The minimum Gasteiger partial charge on any atom is -0.497 e. The molecule has 3 rings (SSSR count). The summed E-state index contributed by atoms with van der Waals surface area (Å²) in [5, 5.41) is 5.16. The van der Waals surface area contributed by atoms with Gasteiger partial charge in [-0.1, -0.05) is 19.4 Å². The molecule has 0 bridgehead atoms. The molecule has 0 aliphatic rings. The van der Waals surface area contributed by atoms with Crippen LogP contribution in [-0.2, 0) is 17.6 Å². The number of amides is 1. The van der Waals surface area contributed by atoms with Gasteiger partial charge >= 0.3 is 0 Å². The summed E-state index contributed by atoms with van der Waals surface area (Å²) in [6.45, 7) is 2.84. The highest BCUT2D eigenvalue weighted by Gasteiger charge is 2.12. The van der Waals surface area contributed by atoms with E-state index in [1.807, 2.05) is 36.5 Å². The zero-order chi connectivity index (χ0) is 23.5. The summed E-state index contributed by atoms with van der Waals surface area (Å²) in [6, 6.07) is 12.1. The van der Waals surface area contributed by atoms with Gasteiger partial charge in [0, 0.05) is 30.4 Å². The number of methoxy groups -OCH3 is 2. The van der Waals surface area contributed by atoms with Crippen LogP contribution in [0.1, 0.15) is 49.3 Å². The van der Waals surface area contributed by atoms with Crippen LogP contribution in [0.3, 0.4) is 0 Å². The van der Waals surface area contributed by atoms with Gasteiger partial charge in [-0.15, -0.1) is 0 Å². The van der Waals surface area contributed by atoms with Crippen molar-refractivity contribution in [2.45, 2.75) is 45.4 Å². The van der Waals surface area contributed by atoms with Crippen molar-refractivity contribution in [3.8, 4) is 11.5 Å². The Hall–Kier alpha value is -3.34. The van der Waals surface area contributed by atoms with Crippen molar-refractivity contribution < 1.29 is 14.3 Å². The summed E-state index contributed by atoms with van der Waals surface area (Å²) in [7, 11) is 3.35. The van der Waals surface area contributed by atoms with E-state index in [0.29, 0.717) is 6.54 Å². The number of fused-ring (bicyclic) bond motifs is 1. The molecule has 33 heavy (non-hydrogen) atoms. The first-order valence-corrected chi connectivity index (χ1v) is 11.7. The van der Waals surface area contributed by atoms with Crippen molar-refractivity contribution in [3.63, 3.8) is 0 Å². The van der Waals surface area contributed by atoms with Crippen LogP contribution in [0.2, 0.25) is 0 Å². The first-order valence-electron chi connectivity index (χ1n) is 11.7. The van der Waals surface area contributed by atoms with Gasteiger partial charge < -0.3 is 14.8 Å². The second kappa shape index (κ2) is 12.6. The summed E-state index contributed by atoms with van der Waals surface area (Å²) >= 11 is 0. The number of aromatic nitrogens is 1. The number of nitrogens with zero attached hydrogens (tertiary/aromatic N) is 1. The molecular weight excluding hydrogens is 412 g/mol. The molecule has 0 radical (unpaired) electrons. The molecule has 1 aromatic heterocycles. The van der Waals surface area contributed by atoms with E-state index in [9.17, 15) is 4.79 Å². The number of nitrogens with one attached hydrogen (secondary N) is 1. The van der Waals surface area contributed by atoms with Crippen molar-refractivity contribution in [1.82, 2.24) is 10.3 Å². The summed E-state index contributed by atoms with van der Waals surface area (Å²) < 4.78 is 11.1. The molecule has 3 aromatic rings. The van der Waals surface area contributed by atoms with Crippen LogP contribution in [0.5, 0.6) is 11.5 Å². The quantitative estimate of drug-likeness (QED) is 0.284. The van der Waals surface area contributed by atoms with Crippen LogP contribution in [-0.4, -0.2) is 31.7 Å². The molecule has 0 atom stereocenters. The smallest absolute Gasteiger partial charge is 0.243 e. The normalized spacial score (nSPS) is 11.1. The Morgan fingerprint density at radius 3 is 2.64 bits per heavy atom. The Balaban J connectivity index is 1.69. The molecule has 1 N–H and O–H groups in total. The Labute approximate surface area is 196 Å². The highest BCUT2D eigenvalue weighted by atomic mass is 16.5. The zero-order valence-corrected chi connectivity index (χ0v) is 19.9. The van der Waals surface area contributed by atoms with Crippen LogP contribution >= 0.6 is 0 Å². The minimum atomic E-state index is -0.0810. The number of hydrogen-bond acceptors (Lipinski definition) is 4. The van der Waals surface area contributed by atoms with E-state index in [4.69, 9.17) is 9.47 Å². The predicted octanol–water partition coefficient (Wildman–Crippen LogP) is 5.75. The van der Waals surface area contributed by atoms with Gasteiger partial charge in [-0.3, -0.25) is 9.78 Å². The van der Waals surface area contributed by atoms with Crippen LogP contribution in [0.25, 0.3) is 16.8 Å². The zero-order valence-electron chi connectivity index (χ0n) is 19.9. The SMILES string of the molecule is CCCCc1c(C=CC(=O)NCCCCc2cccnc2)cc(OC)c2ccc(OC)cc12. The lowest BCUT2D eigenvalue weighted by Crippen LogP contribution is -2.22. The van der Waals surface area contributed by atoms with Crippen molar-refractivity contribution in [1.29, 1.82) is 0 Å². The number of carbonyl (C=O) groups excluding carboxylic acids is 1. The first-order chi connectivity index (χ1) is 16.2. The van der Waals surface area contributed by atoms with Gasteiger partial charge in [-0.25, -0.2) is 0 Å². The fourth-order valence-electron chi connectivity index (χ4n) is 3.96. The van der Waals surface area contributed by atoms with E-state index in [2.05, 4.69) is 29.4 Å². The minimum absolute atomic E-state index is 0.0810. The number of pyridine rings is 1. The molecule has 0 saturated carbocycles. The molecule has 0 spiro atoms. The fourth-order valence-corrected chi connectivity index (χ4v) is 3.96. The van der Waals surface area contributed by atoms with E-state index in [0.717, 1.165) is 66.4 Å². The molecular formula is C28H34N2O3. The second-order valence-electron chi connectivity index (χ2n) is 8.10. The number of benzene rings is 2. The molecule has 174 valence electrons. The standard InChI is InChI=1S/C28H34N2O3/c1-4-5-11-24-22(18-27(33-3)25-14-13-23(32-2)19-26(24)25)12-15-28(31)30-17-7-6-9-21-10-8-16-29-20-21/h8,10,12-16,18-20H,4-7,9,11,17H2,1-3H3,(H,30,31). The van der Waals surface area contributed by atoms with Crippen LogP contribution in [0.15, 0.2) is 54.9 Å². The van der Waals surface area contributed by atoms with Gasteiger partial charge in [0.25, 0.3) is 0 Å². The molecule has 0 fully saturated rings. The van der Waals surface area contributed by atoms with Gasteiger partial charge in [0.2, 0.25) is 5.91 Å². The number of ether oxygens (including phenoxy) is 2. The molecule has 5 nitrogen and oxygen atoms in total. The maximum Gasteiger partial charge on any atom is 0.243 e. The summed E-state index contributed by atoms with van der Waals surface area (Å²) in [5.41, 5.74) is 3.45. The van der Waals surface area contributed by atoms with E-state index >= 15 is 0 Å². The Morgan fingerprint density at radius 1 is 1.03 bits per heavy atom. The number of unbranched alkanes of at least 4 members (excludes halogenated alkanes) is 2. The summed E-state index contributed by atoms with van der Waals surface area (Å²) in [6.07, 6.45) is 13.2. The summed E-state index contributed by atoms with van der Waals surface area (Å²) in [5.74, 6) is 1.53. The van der Waals surface area contributed by atoms with Gasteiger partial charge in [-0.05, 0) is 90.6 Å². The van der Waals surface area contributed by atoms with E-state index < -0.39 is 0 Å². The molecule has 0 aliphatic carbocycles. The third-order valence-corrected chi connectivity index (χ3v) is 5.78. The maximum absolute atomic E-state index is 12.4. The predicted molar refractivity (Wildman–Crippen MR) is 135 cm³/mol. The van der Waals surface area contributed by atoms with Crippen LogP contribution in [0, 0.1) is 0 Å². The average Bonchev–Trinajstić information content (AvgIpc) is 2.86. The molecule has 1 amide bonds. The largest absolute Gasteiger partial charge is 0.497 e. The monoisotopic (exact) mass is 446 g/mol. The lowest BCUT2D eigenvalue weighted by molar-refractivity contribution is -0.116. The number of rotatable bonds is 12. The number of aryl methyl sites for hydroxylation is 2. The molecule has 5 heteroatoms. The van der Waals surface area contributed by atoms with E-state index in [-0.39, 0.29) is 5.91 Å². The topological polar surface area (TPSA) is 60.5 Å². The van der Waals surface area contributed by atoms with Crippen molar-refractivity contribution in [2.75, 3.05) is 20.8 Å². The Kier molecular flexibility index (Phi) is 9.31. The fraction of sp³-hybridized carbons (Fsp3) is 0.357. The maximum atomic E-state index is 12.4. The van der Waals surface area contributed by atoms with Crippen molar-refractivity contribution in [3.05, 3.63) is 71.6 Å². The molecule has 0 unspecified atom stereocenters. The van der Waals surface area contributed by atoms with Gasteiger partial charge in [0.05, 0.1) is 14.2 Å². The second-order valence-corrected chi connectivity index (χ2v) is 8.10. The lowest BCUT2D eigenvalue weighted by atomic mass is 9.93. The summed E-state index contributed by atoms with van der Waals surface area (Å²) in [4.78, 5) is 16.6. The molecule has 0 aliphatic heterocycles. The lowest BCUT2D eigenvalue weighted by Gasteiger charge is -2.15. The Morgan fingerprint density at radius 2 is 1.91 bits per heavy atom. The average molecular weight is 447 g/mol. The van der Waals surface area contributed by atoms with E-state index in [1.54, 1.807) is 26.5 Å². The third-order valence-electron chi connectivity index (χ3n) is 5.78. The van der Waals surface area contributed by atoms with Crippen molar-refractivity contribution in [2.24, 2.45) is 0 Å². The van der Waals surface area contributed by atoms with E-state index in [1.165, 1.54) is 11.1 Å². The van der Waals surface area contributed by atoms with Crippen molar-refractivity contribution >= 4 is 22.8 Å². The highest BCUT2D eigenvalue weighted by Crippen LogP contribution is 2.35. The highest BCUT2D eigenvalue weighted by molar-refractivity contribution is 5.97. The van der Waals surface area contributed by atoms with Crippen LogP contribution < -0.4 is 14.8 Å². The van der Waals surface area contributed by atoms with Gasteiger partial charge in [0.1, 0.15) is 11.5 Å². The first kappa shape index (κ1) is 24.3. The molecule has 2 aromatic carbocycles. The van der Waals surface area contributed by atoms with Crippen LogP contribution in [0.4, 0.5) is 0 Å². The van der Waals surface area contributed by atoms with Gasteiger partial charge in [-0.2, -0.15) is 0 Å².